The first kappa shape index (κ1) is 21.9. The highest BCUT2D eigenvalue weighted by molar-refractivity contribution is 6.14. The molecule has 0 saturated carbocycles. The lowest BCUT2D eigenvalue weighted by Crippen LogP contribution is -2.35. The number of nitrogens with one attached hydrogen (secondary N) is 1. The number of hydrogen-bond donors (Lipinski definition) is 3. The third-order valence-electron chi connectivity index (χ3n) is 4.12. The van der Waals surface area contributed by atoms with Gasteiger partial charge in [0.25, 0.3) is 11.8 Å². The standard InChI is InChI=1S/C13H16N2O2.C6H8O4/c1-2-3-9-11-12(16)14-15(13(11)17)10-7-5-4-6-8-10;1-3(5(7)8)4(2)6(9)10/h4-8,11H,2-3,9H2,1H3,(H,14,16);1-2H3,(H,7,8)(H,9,10)/b;4-3+. The van der Waals surface area contributed by atoms with Gasteiger partial charge in [0.2, 0.25) is 0 Å². The minimum absolute atomic E-state index is 0.132. The molecular weight excluding hydrogens is 352 g/mol. The van der Waals surface area contributed by atoms with Crippen LogP contribution in [0.3, 0.4) is 0 Å². The SMILES string of the molecule is C/C(C(=O)O)=C(/C)C(=O)O.CCCCC1C(=O)NN(c2ccccc2)C1=O. The van der Waals surface area contributed by atoms with Gasteiger partial charge < -0.3 is 10.2 Å². The van der Waals surface area contributed by atoms with Crippen molar-refractivity contribution in [1.29, 1.82) is 0 Å². The average Bonchev–Trinajstić information content (AvgIpc) is 2.93. The number of unbranched alkanes of at least 4 members (excludes halogenated alkanes) is 1. The molecule has 2 rings (SSSR count). The fourth-order valence-electron chi connectivity index (χ4n) is 2.26. The summed E-state index contributed by atoms with van der Waals surface area (Å²) >= 11 is 0. The topological polar surface area (TPSA) is 124 Å². The molecule has 0 spiro atoms. The van der Waals surface area contributed by atoms with Crippen molar-refractivity contribution in [3.8, 4) is 0 Å². The Balaban J connectivity index is 0.000000314. The van der Waals surface area contributed by atoms with E-state index in [1.807, 2.05) is 25.1 Å². The van der Waals surface area contributed by atoms with Gasteiger partial charge in [0.05, 0.1) is 5.69 Å². The number of benzene rings is 1. The summed E-state index contributed by atoms with van der Waals surface area (Å²) in [4.78, 5) is 44.0. The number of carbonyl (C=O) groups is 4. The first-order valence-corrected chi connectivity index (χ1v) is 8.54. The number of hydrazine groups is 1. The molecule has 0 aromatic heterocycles. The summed E-state index contributed by atoms with van der Waals surface area (Å²) in [7, 11) is 0. The predicted octanol–water partition coefficient (Wildman–Crippen LogP) is 2.36. The van der Waals surface area contributed by atoms with Crippen LogP contribution >= 0.6 is 0 Å². The quantitative estimate of drug-likeness (QED) is 0.517. The summed E-state index contributed by atoms with van der Waals surface area (Å²) in [6, 6.07) is 9.17. The van der Waals surface area contributed by atoms with Gasteiger partial charge in [0.15, 0.2) is 0 Å². The predicted molar refractivity (Wildman–Crippen MR) is 98.7 cm³/mol. The molecule has 8 heteroatoms. The zero-order chi connectivity index (χ0) is 20.6. The van der Waals surface area contributed by atoms with Crippen molar-refractivity contribution < 1.29 is 29.4 Å². The Kier molecular flexibility index (Phi) is 8.19. The van der Waals surface area contributed by atoms with Crippen LogP contribution in [0.5, 0.6) is 0 Å². The highest BCUT2D eigenvalue weighted by Crippen LogP contribution is 2.22. The summed E-state index contributed by atoms with van der Waals surface area (Å²) < 4.78 is 0. The van der Waals surface area contributed by atoms with E-state index in [-0.39, 0.29) is 23.0 Å². The third kappa shape index (κ3) is 5.95. The molecule has 1 heterocycles. The van der Waals surface area contributed by atoms with Crippen LogP contribution < -0.4 is 10.4 Å². The zero-order valence-corrected chi connectivity index (χ0v) is 15.6. The summed E-state index contributed by atoms with van der Waals surface area (Å²) in [5.74, 6) is -3.24. The molecule has 8 nitrogen and oxygen atoms in total. The Labute approximate surface area is 157 Å². The van der Waals surface area contributed by atoms with E-state index in [1.165, 1.54) is 18.9 Å². The lowest BCUT2D eigenvalue weighted by Gasteiger charge is -2.14. The maximum atomic E-state index is 12.1. The number of carbonyl (C=O) groups excluding carboxylic acids is 2. The highest BCUT2D eigenvalue weighted by Gasteiger charge is 2.39. The van der Waals surface area contributed by atoms with Gasteiger partial charge in [-0.05, 0) is 32.4 Å². The number of nitrogens with zero attached hydrogens (tertiary/aromatic N) is 1. The van der Waals surface area contributed by atoms with E-state index in [0.29, 0.717) is 12.1 Å². The molecule has 2 amide bonds. The molecule has 27 heavy (non-hydrogen) atoms. The van der Waals surface area contributed by atoms with Crippen molar-refractivity contribution in [2.24, 2.45) is 5.92 Å². The van der Waals surface area contributed by atoms with Crippen LogP contribution in [0.2, 0.25) is 0 Å². The minimum Gasteiger partial charge on any atom is -0.478 e. The van der Waals surface area contributed by atoms with Crippen LogP contribution in [0.15, 0.2) is 41.5 Å². The first-order chi connectivity index (χ1) is 12.7. The maximum absolute atomic E-state index is 12.1. The van der Waals surface area contributed by atoms with Gasteiger partial charge in [-0.3, -0.25) is 15.0 Å². The van der Waals surface area contributed by atoms with E-state index < -0.39 is 17.9 Å². The zero-order valence-electron chi connectivity index (χ0n) is 15.6. The third-order valence-corrected chi connectivity index (χ3v) is 4.12. The Morgan fingerprint density at radius 3 is 2.00 bits per heavy atom. The molecule has 0 radical (unpaired) electrons. The Morgan fingerprint density at radius 1 is 1.04 bits per heavy atom. The Hall–Kier alpha value is -3.16. The summed E-state index contributed by atoms with van der Waals surface area (Å²) in [5.41, 5.74) is 3.07. The summed E-state index contributed by atoms with van der Waals surface area (Å²) in [5, 5.41) is 17.9. The molecule has 0 aliphatic carbocycles. The van der Waals surface area contributed by atoms with E-state index in [0.717, 1.165) is 12.8 Å². The second-order valence-corrected chi connectivity index (χ2v) is 6.04. The van der Waals surface area contributed by atoms with E-state index in [1.54, 1.807) is 12.1 Å². The van der Waals surface area contributed by atoms with Crippen molar-refractivity contribution in [2.75, 3.05) is 5.01 Å². The van der Waals surface area contributed by atoms with Crippen LogP contribution in [-0.4, -0.2) is 34.0 Å². The van der Waals surface area contributed by atoms with Gasteiger partial charge in [0, 0.05) is 11.1 Å². The number of rotatable bonds is 6. The van der Waals surface area contributed by atoms with Crippen LogP contribution in [-0.2, 0) is 19.2 Å². The highest BCUT2D eigenvalue weighted by atomic mass is 16.4. The normalized spacial score (nSPS) is 16.9. The molecular formula is C19H24N2O6. The average molecular weight is 376 g/mol. The molecule has 1 saturated heterocycles. The number of amides is 2. The molecule has 146 valence electrons. The molecule has 1 aromatic carbocycles. The second kappa shape index (κ2) is 10.1. The largest absolute Gasteiger partial charge is 0.478 e. The minimum atomic E-state index is -1.19. The lowest BCUT2D eigenvalue weighted by atomic mass is 10.0. The van der Waals surface area contributed by atoms with Crippen molar-refractivity contribution in [1.82, 2.24) is 5.43 Å². The smallest absolute Gasteiger partial charge is 0.331 e. The maximum Gasteiger partial charge on any atom is 0.331 e. The van der Waals surface area contributed by atoms with Crippen molar-refractivity contribution in [3.05, 3.63) is 41.5 Å². The Bertz CT molecular complexity index is 720. The number of para-hydroxylation sites is 1. The molecule has 3 N–H and O–H groups in total. The fourth-order valence-corrected chi connectivity index (χ4v) is 2.26. The van der Waals surface area contributed by atoms with Crippen LogP contribution in [0, 0.1) is 5.92 Å². The molecule has 1 aromatic rings. The molecule has 0 bridgehead atoms. The monoisotopic (exact) mass is 376 g/mol. The molecule has 1 aliphatic heterocycles. The van der Waals surface area contributed by atoms with E-state index >= 15 is 0 Å². The van der Waals surface area contributed by atoms with Gasteiger partial charge in [-0.2, -0.15) is 0 Å². The summed E-state index contributed by atoms with van der Waals surface area (Å²) in [6.07, 6.45) is 2.51. The van der Waals surface area contributed by atoms with E-state index in [2.05, 4.69) is 5.43 Å². The van der Waals surface area contributed by atoms with E-state index in [9.17, 15) is 19.2 Å². The second-order valence-electron chi connectivity index (χ2n) is 6.04. The summed E-state index contributed by atoms with van der Waals surface area (Å²) in [6.45, 7) is 4.56. The molecule has 1 fully saturated rings. The lowest BCUT2D eigenvalue weighted by molar-refractivity contribution is -0.135. The first-order valence-electron chi connectivity index (χ1n) is 8.54. The molecule has 1 unspecified atom stereocenters. The van der Waals surface area contributed by atoms with Crippen LogP contribution in [0.4, 0.5) is 5.69 Å². The molecule has 1 atom stereocenters. The number of anilines is 1. The Morgan fingerprint density at radius 2 is 1.56 bits per heavy atom. The van der Waals surface area contributed by atoms with Crippen molar-refractivity contribution in [2.45, 2.75) is 40.0 Å². The van der Waals surface area contributed by atoms with Crippen molar-refractivity contribution in [3.63, 3.8) is 0 Å². The number of carboxylic acid groups (broad SMARTS) is 2. The van der Waals surface area contributed by atoms with Gasteiger partial charge in [-0.1, -0.05) is 38.0 Å². The van der Waals surface area contributed by atoms with Gasteiger partial charge in [-0.25, -0.2) is 14.6 Å². The van der Waals surface area contributed by atoms with Crippen LogP contribution in [0.1, 0.15) is 40.0 Å². The van der Waals surface area contributed by atoms with Gasteiger partial charge in [-0.15, -0.1) is 0 Å². The molecule has 1 aliphatic rings. The van der Waals surface area contributed by atoms with E-state index in [4.69, 9.17) is 10.2 Å². The van der Waals surface area contributed by atoms with Gasteiger partial charge >= 0.3 is 11.9 Å². The van der Waals surface area contributed by atoms with Crippen LogP contribution in [0.25, 0.3) is 0 Å². The van der Waals surface area contributed by atoms with Gasteiger partial charge in [0.1, 0.15) is 5.92 Å². The number of carboxylic acids is 2. The van der Waals surface area contributed by atoms with Crippen molar-refractivity contribution >= 4 is 29.4 Å². The number of hydrogen-bond acceptors (Lipinski definition) is 4. The number of aliphatic carboxylic acids is 2. The fraction of sp³-hybridized carbons (Fsp3) is 0.368.